The van der Waals surface area contributed by atoms with Crippen LogP contribution in [-0.4, -0.2) is 28.0 Å². The van der Waals surface area contributed by atoms with Gasteiger partial charge in [-0.3, -0.25) is 4.90 Å². The Morgan fingerprint density at radius 2 is 2.16 bits per heavy atom. The van der Waals surface area contributed by atoms with E-state index in [1.54, 1.807) is 6.20 Å². The number of hydrogen-bond donors (Lipinski definition) is 1. The Bertz CT molecular complexity index is 538. The Hall–Kier alpha value is -1.36. The minimum absolute atomic E-state index is 0.0883. The molecule has 2 rings (SSSR count). The highest BCUT2D eigenvalue weighted by Crippen LogP contribution is 2.26. The molecule has 102 valence electrons. The molecule has 1 unspecified atom stereocenters. The third-order valence-corrected chi connectivity index (χ3v) is 3.68. The number of nitrogens with zero attached hydrogens (tertiary/aromatic N) is 3. The van der Waals surface area contributed by atoms with E-state index in [1.165, 1.54) is 0 Å². The van der Waals surface area contributed by atoms with Gasteiger partial charge in [0.2, 0.25) is 0 Å². The molecule has 4 nitrogen and oxygen atoms in total. The van der Waals surface area contributed by atoms with Crippen LogP contribution in [0.2, 0.25) is 5.02 Å². The fourth-order valence-corrected chi connectivity index (χ4v) is 2.43. The third-order valence-electron chi connectivity index (χ3n) is 3.33. The first kappa shape index (κ1) is 14.1. The first-order valence-electron chi connectivity index (χ1n) is 6.24. The Morgan fingerprint density at radius 1 is 1.42 bits per heavy atom. The molecule has 0 saturated carbocycles. The van der Waals surface area contributed by atoms with Crippen LogP contribution in [0.15, 0.2) is 36.7 Å². The normalized spacial score (nSPS) is 12.9. The van der Waals surface area contributed by atoms with Crippen LogP contribution < -0.4 is 5.73 Å². The number of likely N-dealkylation sites (N-methyl/N-ethyl adjacent to an activating group) is 1. The second kappa shape index (κ2) is 6.19. The molecule has 1 atom stereocenters. The maximum absolute atomic E-state index is 6.25. The van der Waals surface area contributed by atoms with Crippen molar-refractivity contribution in [1.82, 2.24) is 14.5 Å². The van der Waals surface area contributed by atoms with Gasteiger partial charge in [-0.1, -0.05) is 29.8 Å². The van der Waals surface area contributed by atoms with Crippen LogP contribution in [0, 0.1) is 0 Å². The van der Waals surface area contributed by atoms with Crippen molar-refractivity contribution in [2.24, 2.45) is 12.8 Å². The van der Waals surface area contributed by atoms with Crippen molar-refractivity contribution in [2.75, 3.05) is 13.6 Å². The standard InChI is InChI=1S/C14H19ClN4/c1-18-8-7-17-14(18)10-19(2)13(9-16)11-5-3-4-6-12(11)15/h3-8,13H,9-10,16H2,1-2H3. The predicted molar refractivity (Wildman–Crippen MR) is 77.9 cm³/mol. The summed E-state index contributed by atoms with van der Waals surface area (Å²) in [6, 6.07) is 7.92. The minimum Gasteiger partial charge on any atom is -0.337 e. The average molecular weight is 279 g/mol. The van der Waals surface area contributed by atoms with Crippen LogP contribution in [0.25, 0.3) is 0 Å². The molecule has 0 aliphatic heterocycles. The van der Waals surface area contributed by atoms with E-state index in [4.69, 9.17) is 17.3 Å². The zero-order chi connectivity index (χ0) is 13.8. The smallest absolute Gasteiger partial charge is 0.122 e. The fourth-order valence-electron chi connectivity index (χ4n) is 2.17. The Kier molecular flexibility index (Phi) is 4.58. The summed E-state index contributed by atoms with van der Waals surface area (Å²) in [6.45, 7) is 1.25. The molecule has 0 spiro atoms. The lowest BCUT2D eigenvalue weighted by molar-refractivity contribution is 0.234. The molecular formula is C14H19ClN4. The van der Waals surface area contributed by atoms with Gasteiger partial charge in [0.15, 0.2) is 0 Å². The highest BCUT2D eigenvalue weighted by atomic mass is 35.5. The number of aromatic nitrogens is 2. The maximum atomic E-state index is 6.25. The summed E-state index contributed by atoms with van der Waals surface area (Å²) >= 11 is 6.25. The van der Waals surface area contributed by atoms with Gasteiger partial charge < -0.3 is 10.3 Å². The molecule has 2 aromatic rings. The van der Waals surface area contributed by atoms with Crippen molar-refractivity contribution in [1.29, 1.82) is 0 Å². The molecule has 1 heterocycles. The van der Waals surface area contributed by atoms with Gasteiger partial charge in [0.1, 0.15) is 5.82 Å². The molecule has 1 aromatic carbocycles. The molecule has 0 radical (unpaired) electrons. The van der Waals surface area contributed by atoms with Crippen molar-refractivity contribution in [3.05, 3.63) is 53.1 Å². The van der Waals surface area contributed by atoms with Crippen LogP contribution in [0.3, 0.4) is 0 Å². The van der Waals surface area contributed by atoms with Gasteiger partial charge in [-0.05, 0) is 18.7 Å². The monoisotopic (exact) mass is 278 g/mol. The summed E-state index contributed by atoms with van der Waals surface area (Å²) in [5.41, 5.74) is 6.97. The van der Waals surface area contributed by atoms with Crippen molar-refractivity contribution in [3.8, 4) is 0 Å². The summed E-state index contributed by atoms with van der Waals surface area (Å²) in [5, 5.41) is 0.754. The zero-order valence-electron chi connectivity index (χ0n) is 11.3. The number of benzene rings is 1. The number of halogens is 1. The molecule has 0 bridgehead atoms. The van der Waals surface area contributed by atoms with Crippen LogP contribution in [0.4, 0.5) is 0 Å². The molecule has 0 amide bonds. The van der Waals surface area contributed by atoms with E-state index in [0.29, 0.717) is 6.54 Å². The molecule has 0 aliphatic rings. The Balaban J connectivity index is 2.18. The topological polar surface area (TPSA) is 47.1 Å². The average Bonchev–Trinajstić information content (AvgIpc) is 2.78. The summed E-state index contributed by atoms with van der Waals surface area (Å²) in [4.78, 5) is 6.51. The van der Waals surface area contributed by atoms with E-state index < -0.39 is 0 Å². The van der Waals surface area contributed by atoms with E-state index >= 15 is 0 Å². The lowest BCUT2D eigenvalue weighted by atomic mass is 10.1. The highest BCUT2D eigenvalue weighted by Gasteiger charge is 2.19. The second-order valence-electron chi connectivity index (χ2n) is 4.64. The van der Waals surface area contributed by atoms with E-state index in [9.17, 15) is 0 Å². The van der Waals surface area contributed by atoms with E-state index in [0.717, 1.165) is 23.0 Å². The Labute approximate surface area is 118 Å². The van der Waals surface area contributed by atoms with Gasteiger partial charge >= 0.3 is 0 Å². The van der Waals surface area contributed by atoms with Gasteiger partial charge in [-0.15, -0.1) is 0 Å². The van der Waals surface area contributed by atoms with Crippen LogP contribution >= 0.6 is 11.6 Å². The second-order valence-corrected chi connectivity index (χ2v) is 5.05. The van der Waals surface area contributed by atoms with Crippen LogP contribution in [-0.2, 0) is 13.6 Å². The van der Waals surface area contributed by atoms with Gasteiger partial charge in [0.25, 0.3) is 0 Å². The number of imidazole rings is 1. The van der Waals surface area contributed by atoms with Crippen LogP contribution in [0.1, 0.15) is 17.4 Å². The van der Waals surface area contributed by atoms with Crippen molar-refractivity contribution in [2.45, 2.75) is 12.6 Å². The van der Waals surface area contributed by atoms with Gasteiger partial charge in [-0.25, -0.2) is 4.98 Å². The Morgan fingerprint density at radius 3 is 2.74 bits per heavy atom. The van der Waals surface area contributed by atoms with Crippen LogP contribution in [0.5, 0.6) is 0 Å². The highest BCUT2D eigenvalue weighted by molar-refractivity contribution is 6.31. The lowest BCUT2D eigenvalue weighted by Crippen LogP contribution is -2.31. The summed E-state index contributed by atoms with van der Waals surface area (Å²) < 4.78 is 2.01. The summed E-state index contributed by atoms with van der Waals surface area (Å²) in [7, 11) is 4.03. The van der Waals surface area contributed by atoms with Gasteiger partial charge in [0, 0.05) is 37.1 Å². The minimum atomic E-state index is 0.0883. The van der Waals surface area contributed by atoms with Crippen molar-refractivity contribution >= 4 is 11.6 Å². The quantitative estimate of drug-likeness (QED) is 0.912. The van der Waals surface area contributed by atoms with Gasteiger partial charge in [-0.2, -0.15) is 0 Å². The molecule has 2 N–H and O–H groups in total. The van der Waals surface area contributed by atoms with E-state index in [-0.39, 0.29) is 6.04 Å². The summed E-state index contributed by atoms with van der Waals surface area (Å²) in [5.74, 6) is 1.01. The maximum Gasteiger partial charge on any atom is 0.122 e. The first-order valence-corrected chi connectivity index (χ1v) is 6.62. The van der Waals surface area contributed by atoms with E-state index in [1.807, 2.05) is 49.1 Å². The molecule has 5 heteroatoms. The number of hydrogen-bond acceptors (Lipinski definition) is 3. The molecular weight excluding hydrogens is 260 g/mol. The predicted octanol–water partition coefficient (Wildman–Crippen LogP) is 2.21. The SMILES string of the molecule is CN(Cc1nccn1C)C(CN)c1ccccc1Cl. The summed E-state index contributed by atoms with van der Waals surface area (Å²) in [6.07, 6.45) is 3.74. The lowest BCUT2D eigenvalue weighted by Gasteiger charge is -2.27. The van der Waals surface area contributed by atoms with E-state index in [2.05, 4.69) is 9.88 Å². The fraction of sp³-hybridized carbons (Fsp3) is 0.357. The molecule has 19 heavy (non-hydrogen) atoms. The molecule has 0 aliphatic carbocycles. The molecule has 0 fully saturated rings. The number of rotatable bonds is 5. The largest absolute Gasteiger partial charge is 0.337 e. The first-order chi connectivity index (χ1) is 9.13. The van der Waals surface area contributed by atoms with Crippen molar-refractivity contribution in [3.63, 3.8) is 0 Å². The zero-order valence-corrected chi connectivity index (χ0v) is 12.0. The molecule has 1 aromatic heterocycles. The third kappa shape index (κ3) is 3.15. The number of aryl methyl sites for hydroxylation is 1. The molecule has 0 saturated heterocycles. The van der Waals surface area contributed by atoms with Crippen molar-refractivity contribution < 1.29 is 0 Å². The number of nitrogens with two attached hydrogens (primary N) is 1. The van der Waals surface area contributed by atoms with Gasteiger partial charge in [0.05, 0.1) is 6.54 Å².